The van der Waals surface area contributed by atoms with Crippen LogP contribution in [0.3, 0.4) is 0 Å². The van der Waals surface area contributed by atoms with Crippen molar-refractivity contribution >= 4 is 35.5 Å². The van der Waals surface area contributed by atoms with E-state index in [9.17, 15) is 14.9 Å². The van der Waals surface area contributed by atoms with Gasteiger partial charge >= 0.3 is 11.9 Å². The SMILES string of the molecule is [C-]#[N+]/C(C#N)=C1/Sc2c(OC(=O)C3CCC(C4CCC(CC)CC4)CC3)cc(C(C)(C)C)c(OC(=O)C3CCC(C4CCC(CC)CC4)CC3)c2S1. The van der Waals surface area contributed by atoms with Gasteiger partial charge in [0.05, 0.1) is 38.5 Å². The Hall–Kier alpha value is -2.42. The molecule has 1 heterocycles. The van der Waals surface area contributed by atoms with E-state index >= 15 is 0 Å². The Bertz CT molecular complexity index is 1550. The van der Waals surface area contributed by atoms with Gasteiger partial charge in [0.2, 0.25) is 0 Å². The zero-order chi connectivity index (χ0) is 37.0. The number of fused-ring (bicyclic) bond motifs is 1. The molecule has 8 heteroatoms. The van der Waals surface area contributed by atoms with Crippen LogP contribution < -0.4 is 9.47 Å². The summed E-state index contributed by atoms with van der Waals surface area (Å²) in [6, 6.07) is 3.93. The lowest BCUT2D eigenvalue weighted by Crippen LogP contribution is -2.31. The lowest BCUT2D eigenvalue weighted by Gasteiger charge is -2.37. The molecule has 6 nitrogen and oxygen atoms in total. The average molecular weight is 745 g/mol. The van der Waals surface area contributed by atoms with Crippen molar-refractivity contribution in [1.29, 1.82) is 5.26 Å². The molecule has 52 heavy (non-hydrogen) atoms. The maximum absolute atomic E-state index is 13.9. The molecule has 1 aliphatic heterocycles. The molecule has 0 unspecified atom stereocenters. The molecular formula is C44H60N2O4S2. The molecule has 0 atom stereocenters. The minimum absolute atomic E-state index is 0.00403. The van der Waals surface area contributed by atoms with E-state index in [4.69, 9.17) is 16.0 Å². The number of carbonyl (C=O) groups excluding carboxylic acids is 2. The fraction of sp³-hybridized carbons (Fsp3) is 0.727. The number of hydrogen-bond donors (Lipinski definition) is 0. The number of allylic oxidation sites excluding steroid dienone is 1. The van der Waals surface area contributed by atoms with E-state index in [1.54, 1.807) is 0 Å². The van der Waals surface area contributed by atoms with Crippen molar-refractivity contribution < 1.29 is 19.1 Å². The summed E-state index contributed by atoms with van der Waals surface area (Å²) in [5.74, 6) is 5.03. The van der Waals surface area contributed by atoms with Crippen molar-refractivity contribution in [3.05, 3.63) is 33.0 Å². The number of ether oxygens (including phenoxy) is 2. The van der Waals surface area contributed by atoms with Gasteiger partial charge in [-0.25, -0.2) is 10.1 Å². The van der Waals surface area contributed by atoms with Gasteiger partial charge in [0.25, 0.3) is 5.70 Å². The molecule has 6 rings (SSSR count). The standard InChI is InChI=1S/C44H60N2O4S2/c1-7-27-9-13-29(14-10-27)31-17-21-33(22-18-31)41(47)49-37-25-35(44(3,4)5)38(40-39(37)51-43(52-40)36(26-45)46-6)50-42(48)34-23-19-32(20-24-34)30-15-11-28(8-2)12-16-30/h25,27-34H,7-24H2,1-5H3/b43-36-. The molecule has 0 saturated heterocycles. The number of nitriles is 1. The van der Waals surface area contributed by atoms with Gasteiger partial charge < -0.3 is 9.47 Å². The van der Waals surface area contributed by atoms with Crippen molar-refractivity contribution in [3.8, 4) is 17.6 Å². The monoisotopic (exact) mass is 744 g/mol. The Labute approximate surface area is 321 Å². The van der Waals surface area contributed by atoms with Gasteiger partial charge in [0, 0.05) is 5.56 Å². The smallest absolute Gasteiger partial charge is 0.314 e. The Morgan fingerprint density at radius 2 is 1.15 bits per heavy atom. The number of thioether (sulfide) groups is 2. The van der Waals surface area contributed by atoms with Gasteiger partial charge in [-0.05, 0) is 124 Å². The first-order valence-electron chi connectivity index (χ1n) is 20.5. The first-order chi connectivity index (χ1) is 25.0. The van der Waals surface area contributed by atoms with Crippen LogP contribution in [0.2, 0.25) is 0 Å². The minimum atomic E-state index is -0.425. The van der Waals surface area contributed by atoms with E-state index in [1.807, 2.05) is 12.1 Å². The van der Waals surface area contributed by atoms with E-state index < -0.39 is 5.41 Å². The van der Waals surface area contributed by atoms with Crippen LogP contribution in [0, 0.1) is 65.2 Å². The molecule has 0 radical (unpaired) electrons. The summed E-state index contributed by atoms with van der Waals surface area (Å²) in [5, 5.41) is 9.78. The summed E-state index contributed by atoms with van der Waals surface area (Å²) >= 11 is 2.57. The summed E-state index contributed by atoms with van der Waals surface area (Å²) in [4.78, 5) is 32.6. The van der Waals surface area contributed by atoms with Crippen LogP contribution in [0.5, 0.6) is 11.5 Å². The van der Waals surface area contributed by atoms with Gasteiger partial charge in [0.1, 0.15) is 11.5 Å². The summed E-state index contributed by atoms with van der Waals surface area (Å²) in [6.07, 6.45) is 21.0. The Kier molecular flexibility index (Phi) is 13.1. The molecule has 4 aliphatic carbocycles. The Morgan fingerprint density at radius 3 is 1.56 bits per heavy atom. The largest absolute Gasteiger partial charge is 0.425 e. The van der Waals surface area contributed by atoms with Crippen LogP contribution in [-0.4, -0.2) is 11.9 Å². The second-order valence-electron chi connectivity index (χ2n) is 17.7. The van der Waals surface area contributed by atoms with Gasteiger partial charge in [-0.15, -0.1) is 0 Å². The molecule has 0 bridgehead atoms. The van der Waals surface area contributed by atoms with Crippen LogP contribution in [0.4, 0.5) is 0 Å². The van der Waals surface area contributed by atoms with Gasteiger partial charge in [-0.2, -0.15) is 0 Å². The molecule has 4 fully saturated rings. The first-order valence-corrected chi connectivity index (χ1v) is 22.2. The molecule has 1 aromatic carbocycles. The maximum Gasteiger partial charge on any atom is 0.314 e. The van der Waals surface area contributed by atoms with Crippen molar-refractivity contribution in [3.63, 3.8) is 0 Å². The molecular weight excluding hydrogens is 685 g/mol. The normalized spacial score (nSPS) is 31.8. The average Bonchev–Trinajstić information content (AvgIpc) is 3.61. The summed E-state index contributed by atoms with van der Waals surface area (Å²) in [6.45, 7) is 18.5. The van der Waals surface area contributed by atoms with Crippen molar-refractivity contribution in [2.45, 2.75) is 165 Å². The van der Waals surface area contributed by atoms with Gasteiger partial charge in [-0.3, -0.25) is 9.59 Å². The first kappa shape index (κ1) is 39.3. The lowest BCUT2D eigenvalue weighted by molar-refractivity contribution is -0.142. The summed E-state index contributed by atoms with van der Waals surface area (Å²) in [5.41, 5.74) is 0.368. The minimum Gasteiger partial charge on any atom is -0.425 e. The molecule has 282 valence electrons. The van der Waals surface area contributed by atoms with Crippen molar-refractivity contribution in [2.75, 3.05) is 0 Å². The van der Waals surface area contributed by atoms with E-state index in [0.717, 1.165) is 80.6 Å². The number of esters is 2. The Balaban J connectivity index is 1.18. The second-order valence-corrected chi connectivity index (χ2v) is 20.0. The topological polar surface area (TPSA) is 80.8 Å². The maximum atomic E-state index is 13.9. The van der Waals surface area contributed by atoms with E-state index in [-0.39, 0.29) is 29.5 Å². The predicted molar refractivity (Wildman–Crippen MR) is 210 cm³/mol. The summed E-state index contributed by atoms with van der Waals surface area (Å²) in [7, 11) is 0. The highest BCUT2D eigenvalue weighted by molar-refractivity contribution is 8.24. The molecule has 0 amide bonds. The van der Waals surface area contributed by atoms with E-state index in [2.05, 4.69) is 39.5 Å². The van der Waals surface area contributed by atoms with Crippen LogP contribution in [0.25, 0.3) is 4.85 Å². The molecule has 1 aromatic rings. The summed E-state index contributed by atoms with van der Waals surface area (Å²) < 4.78 is 13.3. The molecule has 0 spiro atoms. The fourth-order valence-corrected chi connectivity index (χ4v) is 12.6. The number of rotatable bonds is 8. The van der Waals surface area contributed by atoms with Crippen LogP contribution in [-0.2, 0) is 15.0 Å². The molecule has 4 saturated carbocycles. The zero-order valence-corrected chi connectivity index (χ0v) is 33.9. The third kappa shape index (κ3) is 8.92. The third-order valence-corrected chi connectivity index (χ3v) is 16.2. The number of carbonyl (C=O) groups is 2. The number of nitrogens with zero attached hydrogens (tertiary/aromatic N) is 2. The number of benzene rings is 1. The van der Waals surface area contributed by atoms with Crippen molar-refractivity contribution in [1.82, 2.24) is 0 Å². The highest BCUT2D eigenvalue weighted by Gasteiger charge is 2.39. The Morgan fingerprint density at radius 1 is 0.731 bits per heavy atom. The van der Waals surface area contributed by atoms with Crippen LogP contribution in [0.1, 0.15) is 156 Å². The number of hydrogen-bond acceptors (Lipinski definition) is 7. The van der Waals surface area contributed by atoms with Crippen molar-refractivity contribution in [2.24, 2.45) is 47.3 Å². The lowest BCUT2D eigenvalue weighted by atomic mass is 9.69. The second kappa shape index (κ2) is 17.4. The van der Waals surface area contributed by atoms with Gasteiger partial charge in [0.15, 0.2) is 0 Å². The highest BCUT2D eigenvalue weighted by atomic mass is 32.2. The highest BCUT2D eigenvalue weighted by Crippen LogP contribution is 2.61. The third-order valence-electron chi connectivity index (χ3n) is 13.7. The molecule has 5 aliphatic rings. The van der Waals surface area contributed by atoms with Gasteiger partial charge in [-0.1, -0.05) is 96.7 Å². The van der Waals surface area contributed by atoms with Crippen LogP contribution >= 0.6 is 23.5 Å². The molecule has 0 N–H and O–H groups in total. The zero-order valence-electron chi connectivity index (χ0n) is 32.3. The van der Waals surface area contributed by atoms with E-state index in [0.29, 0.717) is 37.4 Å². The van der Waals surface area contributed by atoms with E-state index in [1.165, 1.54) is 87.7 Å². The quantitative estimate of drug-likeness (QED) is 0.113. The van der Waals surface area contributed by atoms with Crippen LogP contribution in [0.15, 0.2) is 25.8 Å². The molecule has 0 aromatic heterocycles. The fourth-order valence-electron chi connectivity index (χ4n) is 10.1. The predicted octanol–water partition coefficient (Wildman–Crippen LogP) is 12.7.